The van der Waals surface area contributed by atoms with Gasteiger partial charge in [-0.1, -0.05) is 28.1 Å². The molecule has 1 heterocycles. The van der Waals surface area contributed by atoms with Gasteiger partial charge in [-0.05, 0) is 32.4 Å². The third-order valence-electron chi connectivity index (χ3n) is 3.36. The number of nitrogens with zero attached hydrogens (tertiary/aromatic N) is 1. The molecule has 20 heavy (non-hydrogen) atoms. The number of carbonyl (C=O) groups is 1. The first kappa shape index (κ1) is 15.4. The van der Waals surface area contributed by atoms with E-state index in [0.717, 1.165) is 0 Å². The fourth-order valence-corrected chi connectivity index (χ4v) is 2.85. The molecule has 0 aromatic heterocycles. The number of amides is 1. The molecule has 1 aromatic carbocycles. The second kappa shape index (κ2) is 5.82. The number of rotatable bonds is 2. The summed E-state index contributed by atoms with van der Waals surface area (Å²) in [5.74, 6) is -0.703. The molecule has 0 bridgehead atoms. The first-order valence-electron chi connectivity index (χ1n) is 6.62. The Morgan fingerprint density at radius 1 is 1.55 bits per heavy atom. The minimum atomic E-state index is -0.433. The van der Waals surface area contributed by atoms with Gasteiger partial charge < -0.3 is 9.64 Å². The molecule has 5 heteroatoms. The molecule has 0 aliphatic carbocycles. The highest BCUT2D eigenvalue weighted by atomic mass is 79.9. The SMILES string of the molecule is Cc1cccc(C(=O)N2CC(CBr)OC(C)(C)C2)c1F. The number of morpholine rings is 1. The van der Waals surface area contributed by atoms with Crippen LogP contribution in [0, 0.1) is 12.7 Å². The molecule has 1 fully saturated rings. The number of aryl methyl sites for hydroxylation is 1. The Balaban J connectivity index is 2.26. The molecule has 0 N–H and O–H groups in total. The highest BCUT2D eigenvalue weighted by Crippen LogP contribution is 2.24. The highest BCUT2D eigenvalue weighted by Gasteiger charge is 2.36. The molecule has 1 aliphatic rings. The van der Waals surface area contributed by atoms with Gasteiger partial charge in [-0.3, -0.25) is 4.79 Å². The lowest BCUT2D eigenvalue weighted by Crippen LogP contribution is -2.55. The van der Waals surface area contributed by atoms with E-state index < -0.39 is 11.4 Å². The van der Waals surface area contributed by atoms with Crippen LogP contribution in [0.5, 0.6) is 0 Å². The Morgan fingerprint density at radius 2 is 2.25 bits per heavy atom. The lowest BCUT2D eigenvalue weighted by Gasteiger charge is -2.42. The van der Waals surface area contributed by atoms with Crippen molar-refractivity contribution < 1.29 is 13.9 Å². The summed E-state index contributed by atoms with van der Waals surface area (Å²) < 4.78 is 19.9. The van der Waals surface area contributed by atoms with Crippen molar-refractivity contribution in [1.29, 1.82) is 0 Å². The van der Waals surface area contributed by atoms with Gasteiger partial charge in [-0.15, -0.1) is 0 Å². The molecule has 1 unspecified atom stereocenters. The number of halogens is 2. The van der Waals surface area contributed by atoms with Crippen molar-refractivity contribution >= 4 is 21.8 Å². The van der Waals surface area contributed by atoms with E-state index in [1.165, 1.54) is 6.07 Å². The van der Waals surface area contributed by atoms with Crippen molar-refractivity contribution in [2.24, 2.45) is 0 Å². The number of ether oxygens (including phenoxy) is 1. The van der Waals surface area contributed by atoms with Crippen molar-refractivity contribution in [1.82, 2.24) is 4.90 Å². The Bertz CT molecular complexity index is 519. The van der Waals surface area contributed by atoms with Crippen LogP contribution in [0.15, 0.2) is 18.2 Å². The summed E-state index contributed by atoms with van der Waals surface area (Å²) in [6.45, 7) is 6.48. The van der Waals surface area contributed by atoms with Crippen LogP contribution >= 0.6 is 15.9 Å². The summed E-state index contributed by atoms with van der Waals surface area (Å²) in [4.78, 5) is 14.2. The molecule has 0 saturated carbocycles. The molecule has 1 saturated heterocycles. The van der Waals surface area contributed by atoms with E-state index in [0.29, 0.717) is 24.0 Å². The van der Waals surface area contributed by atoms with Gasteiger partial charge in [0, 0.05) is 18.4 Å². The molecule has 0 spiro atoms. The van der Waals surface area contributed by atoms with Crippen LogP contribution in [0.4, 0.5) is 4.39 Å². The summed E-state index contributed by atoms with van der Waals surface area (Å²) in [7, 11) is 0. The first-order valence-corrected chi connectivity index (χ1v) is 7.74. The lowest BCUT2D eigenvalue weighted by molar-refractivity contribution is -0.116. The molecular formula is C15H19BrFNO2. The Hall–Kier alpha value is -0.940. The third kappa shape index (κ3) is 3.20. The summed E-state index contributed by atoms with van der Waals surface area (Å²) >= 11 is 3.38. The summed E-state index contributed by atoms with van der Waals surface area (Å²) in [6.07, 6.45) is -0.0735. The van der Waals surface area contributed by atoms with Crippen LogP contribution in [0.2, 0.25) is 0 Å². The van der Waals surface area contributed by atoms with Crippen molar-refractivity contribution in [2.45, 2.75) is 32.5 Å². The van der Waals surface area contributed by atoms with Crippen molar-refractivity contribution in [3.63, 3.8) is 0 Å². The van der Waals surface area contributed by atoms with E-state index in [2.05, 4.69) is 15.9 Å². The first-order chi connectivity index (χ1) is 9.34. The second-order valence-corrected chi connectivity index (χ2v) is 6.42. The fraction of sp³-hybridized carbons (Fsp3) is 0.533. The van der Waals surface area contributed by atoms with Gasteiger partial charge in [0.1, 0.15) is 5.82 Å². The normalized spacial score (nSPS) is 21.9. The van der Waals surface area contributed by atoms with Gasteiger partial charge >= 0.3 is 0 Å². The Kier molecular flexibility index (Phi) is 4.49. The summed E-state index contributed by atoms with van der Waals surface area (Å²) in [5.41, 5.74) is 0.198. The standard InChI is InChI=1S/C15H19BrFNO2/c1-10-5-4-6-12(13(10)17)14(19)18-8-11(7-16)20-15(2,3)9-18/h4-6,11H,7-9H2,1-3H3. The zero-order valence-corrected chi connectivity index (χ0v) is 13.5. The van der Waals surface area contributed by atoms with Gasteiger partial charge in [-0.2, -0.15) is 0 Å². The summed E-state index contributed by atoms with van der Waals surface area (Å²) in [6, 6.07) is 4.91. The minimum Gasteiger partial charge on any atom is -0.368 e. The van der Waals surface area contributed by atoms with Gasteiger partial charge in [-0.25, -0.2) is 4.39 Å². The monoisotopic (exact) mass is 343 g/mol. The quantitative estimate of drug-likeness (QED) is 0.772. The fourth-order valence-electron chi connectivity index (χ4n) is 2.51. The predicted octanol–water partition coefficient (Wildman–Crippen LogP) is 3.15. The van der Waals surface area contributed by atoms with Crippen LogP contribution in [0.3, 0.4) is 0 Å². The van der Waals surface area contributed by atoms with Crippen LogP contribution in [0.25, 0.3) is 0 Å². The topological polar surface area (TPSA) is 29.5 Å². The molecular weight excluding hydrogens is 325 g/mol. The van der Waals surface area contributed by atoms with Crippen LogP contribution < -0.4 is 0 Å². The minimum absolute atomic E-state index is 0.0735. The van der Waals surface area contributed by atoms with Gasteiger partial charge in [0.15, 0.2) is 0 Å². The molecule has 2 rings (SSSR count). The zero-order valence-electron chi connectivity index (χ0n) is 12.0. The average Bonchev–Trinajstić information content (AvgIpc) is 2.39. The average molecular weight is 344 g/mol. The maximum atomic E-state index is 14.1. The maximum absolute atomic E-state index is 14.1. The molecule has 1 aromatic rings. The maximum Gasteiger partial charge on any atom is 0.257 e. The molecule has 110 valence electrons. The Labute approximate surface area is 127 Å². The molecule has 1 atom stereocenters. The van der Waals surface area contributed by atoms with Gasteiger partial charge in [0.05, 0.1) is 17.3 Å². The van der Waals surface area contributed by atoms with E-state index >= 15 is 0 Å². The van der Waals surface area contributed by atoms with E-state index in [1.807, 2.05) is 13.8 Å². The van der Waals surface area contributed by atoms with Crippen molar-refractivity contribution in [2.75, 3.05) is 18.4 Å². The lowest BCUT2D eigenvalue weighted by atomic mass is 10.0. The zero-order chi connectivity index (χ0) is 14.9. The number of alkyl halides is 1. The van der Waals surface area contributed by atoms with Crippen LogP contribution in [-0.2, 0) is 4.74 Å². The van der Waals surface area contributed by atoms with Gasteiger partial charge in [0.2, 0.25) is 0 Å². The van der Waals surface area contributed by atoms with E-state index in [4.69, 9.17) is 4.74 Å². The van der Waals surface area contributed by atoms with E-state index in [-0.39, 0.29) is 17.6 Å². The predicted molar refractivity (Wildman–Crippen MR) is 79.8 cm³/mol. The van der Waals surface area contributed by atoms with Crippen LogP contribution in [0.1, 0.15) is 29.8 Å². The number of hydrogen-bond acceptors (Lipinski definition) is 2. The van der Waals surface area contributed by atoms with E-state index in [1.54, 1.807) is 24.0 Å². The largest absolute Gasteiger partial charge is 0.368 e. The smallest absolute Gasteiger partial charge is 0.257 e. The van der Waals surface area contributed by atoms with E-state index in [9.17, 15) is 9.18 Å². The number of hydrogen-bond donors (Lipinski definition) is 0. The molecule has 0 radical (unpaired) electrons. The van der Waals surface area contributed by atoms with Gasteiger partial charge in [0.25, 0.3) is 5.91 Å². The van der Waals surface area contributed by atoms with Crippen LogP contribution in [-0.4, -0.2) is 40.9 Å². The number of benzene rings is 1. The Morgan fingerprint density at radius 3 is 2.90 bits per heavy atom. The summed E-state index contributed by atoms with van der Waals surface area (Å²) in [5, 5.41) is 0.649. The molecule has 1 aliphatic heterocycles. The highest BCUT2D eigenvalue weighted by molar-refractivity contribution is 9.09. The number of carbonyl (C=O) groups excluding carboxylic acids is 1. The van der Waals surface area contributed by atoms with Crippen molar-refractivity contribution in [3.8, 4) is 0 Å². The third-order valence-corrected chi connectivity index (χ3v) is 4.09. The van der Waals surface area contributed by atoms with Crippen molar-refractivity contribution in [3.05, 3.63) is 35.1 Å². The molecule has 3 nitrogen and oxygen atoms in total. The second-order valence-electron chi connectivity index (χ2n) is 5.78. The molecule has 1 amide bonds.